The molecule has 3 aromatic rings. The van der Waals surface area contributed by atoms with E-state index in [0.717, 1.165) is 33.2 Å². The molecule has 0 spiro atoms. The number of amides is 1. The average molecular weight is 489 g/mol. The van der Waals surface area contributed by atoms with Crippen LogP contribution in [0.25, 0.3) is 10.2 Å². The quantitative estimate of drug-likeness (QED) is 0.509. The molecule has 33 heavy (non-hydrogen) atoms. The Kier molecular flexibility index (Phi) is 7.10. The number of carbonyl (C=O) groups excluding carboxylic acids is 1. The van der Waals surface area contributed by atoms with Crippen LogP contribution in [0.4, 0.5) is 5.13 Å². The largest absolute Gasteiger partial charge is 0.379 e. The monoisotopic (exact) mass is 488 g/mol. The molecule has 2 heterocycles. The van der Waals surface area contributed by atoms with E-state index in [9.17, 15) is 13.2 Å². The maximum absolute atomic E-state index is 13.5. The van der Waals surface area contributed by atoms with Gasteiger partial charge in [0.1, 0.15) is 0 Å². The Morgan fingerprint density at radius 2 is 1.82 bits per heavy atom. The van der Waals surface area contributed by atoms with Gasteiger partial charge in [-0.2, -0.15) is 0 Å². The lowest BCUT2D eigenvalue weighted by Crippen LogP contribution is -2.43. The Morgan fingerprint density at radius 1 is 1.12 bits per heavy atom. The van der Waals surface area contributed by atoms with Gasteiger partial charge in [0, 0.05) is 45.8 Å². The Hall–Kier alpha value is -2.37. The van der Waals surface area contributed by atoms with Crippen molar-refractivity contribution in [2.45, 2.75) is 11.8 Å². The van der Waals surface area contributed by atoms with Crippen LogP contribution in [0.1, 0.15) is 15.9 Å². The predicted octanol–water partition coefficient (Wildman–Crippen LogP) is 2.83. The molecule has 1 saturated heterocycles. The number of anilines is 1. The first-order valence-corrected chi connectivity index (χ1v) is 13.0. The molecule has 1 amide bonds. The normalized spacial score (nSPS) is 15.3. The number of nitrogens with zero attached hydrogens (tertiary/aromatic N) is 4. The number of ether oxygens (including phenoxy) is 1. The number of fused-ring (bicyclic) bond motifs is 1. The van der Waals surface area contributed by atoms with Gasteiger partial charge in [-0.3, -0.25) is 14.6 Å². The van der Waals surface area contributed by atoms with Crippen LogP contribution in [-0.2, 0) is 14.8 Å². The molecule has 0 saturated carbocycles. The molecule has 1 aliphatic rings. The molecular formula is C23H28N4O4S2. The van der Waals surface area contributed by atoms with E-state index in [-0.39, 0.29) is 10.8 Å². The zero-order chi connectivity index (χ0) is 23.6. The number of aromatic nitrogens is 1. The summed E-state index contributed by atoms with van der Waals surface area (Å²) >= 11 is 1.49. The Morgan fingerprint density at radius 3 is 2.48 bits per heavy atom. The molecule has 0 radical (unpaired) electrons. The number of hydrogen-bond donors (Lipinski definition) is 0. The third-order valence-electron chi connectivity index (χ3n) is 5.63. The first-order valence-electron chi connectivity index (χ1n) is 10.8. The van der Waals surface area contributed by atoms with Crippen molar-refractivity contribution >= 4 is 42.6 Å². The first-order chi connectivity index (χ1) is 15.8. The molecule has 176 valence electrons. The van der Waals surface area contributed by atoms with Crippen molar-refractivity contribution in [3.63, 3.8) is 0 Å². The fourth-order valence-electron chi connectivity index (χ4n) is 3.62. The van der Waals surface area contributed by atoms with Crippen LogP contribution >= 0.6 is 11.3 Å². The highest BCUT2D eigenvalue weighted by Gasteiger charge is 2.24. The van der Waals surface area contributed by atoms with Crippen molar-refractivity contribution < 1.29 is 17.9 Å². The standard InChI is InChI=1S/C23H28N4O4S2/c1-17-4-9-20-21(16-17)32-23(24-20)27(11-10-26-12-14-31-15-13-26)22(28)18-5-7-19(8-6-18)33(29,30)25(2)3/h4-9,16H,10-15H2,1-3H3. The van der Waals surface area contributed by atoms with Gasteiger partial charge >= 0.3 is 0 Å². The van der Waals surface area contributed by atoms with Gasteiger partial charge in [0.15, 0.2) is 5.13 Å². The van der Waals surface area contributed by atoms with E-state index in [0.29, 0.717) is 37.0 Å². The summed E-state index contributed by atoms with van der Waals surface area (Å²) in [6.07, 6.45) is 0. The topological polar surface area (TPSA) is 83.0 Å². The summed E-state index contributed by atoms with van der Waals surface area (Å²) in [5, 5.41) is 0.638. The predicted molar refractivity (Wildman–Crippen MR) is 131 cm³/mol. The smallest absolute Gasteiger partial charge is 0.260 e. The Labute approximate surface area is 198 Å². The van der Waals surface area contributed by atoms with E-state index < -0.39 is 10.0 Å². The third-order valence-corrected chi connectivity index (χ3v) is 8.50. The van der Waals surface area contributed by atoms with Crippen LogP contribution in [0, 0.1) is 6.92 Å². The third kappa shape index (κ3) is 5.25. The molecule has 2 aromatic carbocycles. The van der Waals surface area contributed by atoms with Gasteiger partial charge in [0.2, 0.25) is 10.0 Å². The number of hydrogen-bond acceptors (Lipinski definition) is 7. The van der Waals surface area contributed by atoms with Gasteiger partial charge in [-0.15, -0.1) is 0 Å². The molecule has 0 bridgehead atoms. The van der Waals surface area contributed by atoms with Gasteiger partial charge in [-0.25, -0.2) is 17.7 Å². The van der Waals surface area contributed by atoms with Gasteiger partial charge in [-0.1, -0.05) is 17.4 Å². The van der Waals surface area contributed by atoms with Crippen LogP contribution in [0.5, 0.6) is 0 Å². The fraction of sp³-hybridized carbons (Fsp3) is 0.391. The van der Waals surface area contributed by atoms with Crippen molar-refractivity contribution in [3.8, 4) is 0 Å². The number of rotatable bonds is 7. The van der Waals surface area contributed by atoms with Gasteiger partial charge in [-0.05, 0) is 48.9 Å². The summed E-state index contributed by atoms with van der Waals surface area (Å²) in [7, 11) is -0.593. The SMILES string of the molecule is Cc1ccc2nc(N(CCN3CCOCC3)C(=O)c3ccc(S(=O)(=O)N(C)C)cc3)sc2c1. The van der Waals surface area contributed by atoms with Crippen LogP contribution in [0.3, 0.4) is 0 Å². The summed E-state index contributed by atoms with van der Waals surface area (Å²) in [5.74, 6) is -0.201. The number of carbonyl (C=O) groups is 1. The molecule has 1 aromatic heterocycles. The Balaban J connectivity index is 1.63. The molecule has 1 aliphatic heterocycles. The van der Waals surface area contributed by atoms with Gasteiger partial charge < -0.3 is 4.74 Å². The van der Waals surface area contributed by atoms with Crippen molar-refractivity contribution in [2.24, 2.45) is 0 Å². The minimum absolute atomic E-state index is 0.152. The van der Waals surface area contributed by atoms with Gasteiger partial charge in [0.25, 0.3) is 5.91 Å². The van der Waals surface area contributed by atoms with Crippen molar-refractivity contribution in [1.82, 2.24) is 14.2 Å². The van der Waals surface area contributed by atoms with E-state index >= 15 is 0 Å². The number of benzene rings is 2. The molecule has 4 rings (SSSR count). The summed E-state index contributed by atoms with van der Waals surface area (Å²) < 4.78 is 32.4. The number of morpholine rings is 1. The van der Waals surface area contributed by atoms with Crippen LogP contribution in [0.15, 0.2) is 47.4 Å². The highest BCUT2D eigenvalue weighted by Crippen LogP contribution is 2.30. The molecular weight excluding hydrogens is 460 g/mol. The summed E-state index contributed by atoms with van der Waals surface area (Å²) in [4.78, 5) is 22.4. The van der Waals surface area contributed by atoms with E-state index in [1.54, 1.807) is 17.0 Å². The van der Waals surface area contributed by atoms with Crippen LogP contribution < -0.4 is 4.90 Å². The average Bonchev–Trinajstić information content (AvgIpc) is 3.22. The van der Waals surface area contributed by atoms with Crippen molar-refractivity contribution in [2.75, 3.05) is 58.4 Å². The molecule has 0 atom stereocenters. The highest BCUT2D eigenvalue weighted by atomic mass is 32.2. The second-order valence-corrected chi connectivity index (χ2v) is 11.4. The lowest BCUT2D eigenvalue weighted by molar-refractivity contribution is 0.0391. The van der Waals surface area contributed by atoms with E-state index in [1.165, 1.54) is 37.6 Å². The summed E-state index contributed by atoms with van der Waals surface area (Å²) in [6, 6.07) is 12.1. The molecule has 1 fully saturated rings. The maximum Gasteiger partial charge on any atom is 0.260 e. The minimum atomic E-state index is -3.56. The van der Waals surface area contributed by atoms with E-state index in [1.807, 2.05) is 19.1 Å². The Bertz CT molecular complexity index is 1230. The summed E-state index contributed by atoms with van der Waals surface area (Å²) in [6.45, 7) is 6.26. The first kappa shape index (κ1) is 23.8. The molecule has 0 N–H and O–H groups in total. The molecule has 0 unspecified atom stereocenters. The van der Waals surface area contributed by atoms with E-state index in [2.05, 4.69) is 11.0 Å². The van der Waals surface area contributed by atoms with Crippen molar-refractivity contribution in [3.05, 3.63) is 53.6 Å². The minimum Gasteiger partial charge on any atom is -0.379 e. The van der Waals surface area contributed by atoms with Crippen molar-refractivity contribution in [1.29, 1.82) is 0 Å². The fourth-order valence-corrected chi connectivity index (χ4v) is 5.61. The number of thiazole rings is 1. The highest BCUT2D eigenvalue weighted by molar-refractivity contribution is 7.89. The second-order valence-electron chi connectivity index (χ2n) is 8.19. The zero-order valence-electron chi connectivity index (χ0n) is 19.0. The number of sulfonamides is 1. The zero-order valence-corrected chi connectivity index (χ0v) is 20.7. The maximum atomic E-state index is 13.5. The van der Waals surface area contributed by atoms with E-state index in [4.69, 9.17) is 9.72 Å². The number of aryl methyl sites for hydroxylation is 1. The molecule has 8 nitrogen and oxygen atoms in total. The lowest BCUT2D eigenvalue weighted by Gasteiger charge is -2.29. The lowest BCUT2D eigenvalue weighted by atomic mass is 10.2. The van der Waals surface area contributed by atoms with Crippen LogP contribution in [-0.4, -0.2) is 82.0 Å². The molecule has 0 aliphatic carbocycles. The molecule has 10 heteroatoms. The van der Waals surface area contributed by atoms with Crippen LogP contribution in [0.2, 0.25) is 0 Å². The van der Waals surface area contributed by atoms with Gasteiger partial charge in [0.05, 0.1) is 28.3 Å². The summed E-state index contributed by atoms with van der Waals surface area (Å²) in [5.41, 5.74) is 2.42. The second kappa shape index (κ2) is 9.86.